The number of hydrogen-bond donors (Lipinski definition) is 1. The second-order valence-corrected chi connectivity index (χ2v) is 8.71. The van der Waals surface area contributed by atoms with Gasteiger partial charge in [0.05, 0.1) is 12.1 Å². The van der Waals surface area contributed by atoms with Gasteiger partial charge >= 0.3 is 0 Å². The van der Waals surface area contributed by atoms with Gasteiger partial charge in [-0.25, -0.2) is 4.39 Å². The summed E-state index contributed by atoms with van der Waals surface area (Å²) in [5.41, 5.74) is 2.31. The number of rotatable bonds is 5. The van der Waals surface area contributed by atoms with E-state index in [1.54, 1.807) is 12.1 Å². The summed E-state index contributed by atoms with van der Waals surface area (Å²) < 4.78 is 13.7. The van der Waals surface area contributed by atoms with E-state index in [1.165, 1.54) is 29.0 Å². The highest BCUT2D eigenvalue weighted by Gasteiger charge is 2.27. The number of para-hydroxylation sites is 1. The number of aromatic nitrogens is 2. The third-order valence-corrected chi connectivity index (χ3v) is 6.51. The summed E-state index contributed by atoms with van der Waals surface area (Å²) >= 11 is 1.23. The van der Waals surface area contributed by atoms with Gasteiger partial charge in [0.15, 0.2) is 0 Å². The Morgan fingerprint density at radius 3 is 2.52 bits per heavy atom. The van der Waals surface area contributed by atoms with Crippen molar-refractivity contribution >= 4 is 28.8 Å². The molecule has 1 aromatic heterocycles. The quantitative estimate of drug-likeness (QED) is 0.648. The van der Waals surface area contributed by atoms with Crippen LogP contribution in [-0.2, 0) is 11.2 Å². The molecule has 0 atom stereocenters. The van der Waals surface area contributed by atoms with Crippen molar-refractivity contribution in [2.45, 2.75) is 32.1 Å². The Balaban J connectivity index is 1.31. The van der Waals surface area contributed by atoms with Crippen LogP contribution in [0.3, 0.4) is 0 Å². The molecule has 8 heteroatoms. The van der Waals surface area contributed by atoms with Crippen LogP contribution in [0.1, 0.15) is 44.7 Å². The van der Waals surface area contributed by atoms with E-state index in [1.807, 2.05) is 36.1 Å². The second kappa shape index (κ2) is 9.34. The number of carbonyl (C=O) groups excluding carboxylic acids is 2. The van der Waals surface area contributed by atoms with Crippen LogP contribution in [0.25, 0.3) is 0 Å². The Bertz CT molecular complexity index is 1080. The third kappa shape index (κ3) is 5.14. The minimum absolute atomic E-state index is 0.115. The molecule has 1 saturated heterocycles. The van der Waals surface area contributed by atoms with Crippen LogP contribution in [-0.4, -0.2) is 40.0 Å². The molecule has 0 unspecified atom stereocenters. The summed E-state index contributed by atoms with van der Waals surface area (Å²) in [4.78, 5) is 26.9. The van der Waals surface area contributed by atoms with Gasteiger partial charge in [0.2, 0.25) is 10.9 Å². The van der Waals surface area contributed by atoms with Crippen molar-refractivity contribution in [2.24, 2.45) is 0 Å². The first-order valence-corrected chi connectivity index (χ1v) is 11.0. The van der Waals surface area contributed by atoms with Crippen molar-refractivity contribution in [1.82, 2.24) is 15.1 Å². The van der Waals surface area contributed by atoms with E-state index < -0.39 is 11.7 Å². The maximum atomic E-state index is 13.7. The summed E-state index contributed by atoms with van der Waals surface area (Å²) in [6.07, 6.45) is 1.97. The van der Waals surface area contributed by atoms with Crippen molar-refractivity contribution in [1.29, 1.82) is 0 Å². The van der Waals surface area contributed by atoms with Crippen LogP contribution < -0.4 is 5.32 Å². The lowest BCUT2D eigenvalue weighted by Crippen LogP contribution is -2.38. The van der Waals surface area contributed by atoms with E-state index in [0.29, 0.717) is 19.5 Å². The number of amides is 2. The van der Waals surface area contributed by atoms with Crippen molar-refractivity contribution < 1.29 is 14.0 Å². The van der Waals surface area contributed by atoms with Gasteiger partial charge in [-0.1, -0.05) is 53.3 Å². The van der Waals surface area contributed by atoms with Gasteiger partial charge < -0.3 is 10.2 Å². The van der Waals surface area contributed by atoms with Gasteiger partial charge in [-0.3, -0.25) is 9.59 Å². The van der Waals surface area contributed by atoms with Gasteiger partial charge in [0, 0.05) is 19.0 Å². The molecule has 1 N–H and O–H groups in total. The summed E-state index contributed by atoms with van der Waals surface area (Å²) in [6, 6.07) is 14.0. The number of piperidine rings is 1. The molecule has 1 aliphatic heterocycles. The molecule has 2 aromatic carbocycles. The number of hydrogen-bond acceptors (Lipinski definition) is 5. The molecule has 4 rings (SSSR count). The van der Waals surface area contributed by atoms with Crippen molar-refractivity contribution in [3.8, 4) is 0 Å². The number of nitrogens with zero attached hydrogens (tertiary/aromatic N) is 3. The Labute approximate surface area is 184 Å². The zero-order valence-electron chi connectivity index (χ0n) is 17.2. The zero-order valence-corrected chi connectivity index (χ0v) is 18.0. The topological polar surface area (TPSA) is 75.2 Å². The first kappa shape index (κ1) is 21.1. The minimum atomic E-state index is -0.497. The number of halogens is 1. The van der Waals surface area contributed by atoms with E-state index in [-0.39, 0.29) is 22.5 Å². The highest BCUT2D eigenvalue weighted by Crippen LogP contribution is 2.30. The monoisotopic (exact) mass is 438 g/mol. The molecule has 0 radical (unpaired) electrons. The molecule has 0 aliphatic carbocycles. The summed E-state index contributed by atoms with van der Waals surface area (Å²) in [5, 5.41) is 11.7. The largest absolute Gasteiger partial charge is 0.342 e. The fraction of sp³-hybridized carbons (Fsp3) is 0.304. The first-order chi connectivity index (χ1) is 15.0. The van der Waals surface area contributed by atoms with Gasteiger partial charge in [-0.05, 0) is 37.5 Å². The Kier molecular flexibility index (Phi) is 6.36. The molecule has 160 valence electrons. The lowest BCUT2D eigenvalue weighted by molar-refractivity contribution is -0.131. The van der Waals surface area contributed by atoms with Crippen LogP contribution in [0.4, 0.5) is 10.1 Å². The predicted octanol–water partition coefficient (Wildman–Crippen LogP) is 4.19. The van der Waals surface area contributed by atoms with Gasteiger partial charge in [0.1, 0.15) is 10.8 Å². The normalized spacial score (nSPS) is 14.5. The van der Waals surface area contributed by atoms with Crippen LogP contribution in [0.5, 0.6) is 0 Å². The molecular weight excluding hydrogens is 415 g/mol. The average Bonchev–Trinajstić information content (AvgIpc) is 3.27. The smallest absolute Gasteiger partial charge is 0.286 e. The molecule has 0 spiro atoms. The van der Waals surface area contributed by atoms with Gasteiger partial charge in [-0.15, -0.1) is 10.2 Å². The van der Waals surface area contributed by atoms with Crippen molar-refractivity contribution in [3.63, 3.8) is 0 Å². The van der Waals surface area contributed by atoms with E-state index in [4.69, 9.17) is 0 Å². The predicted molar refractivity (Wildman–Crippen MR) is 118 cm³/mol. The van der Waals surface area contributed by atoms with Gasteiger partial charge in [0.25, 0.3) is 5.91 Å². The van der Waals surface area contributed by atoms with E-state index in [9.17, 15) is 14.0 Å². The Hall–Kier alpha value is -3.13. The highest BCUT2D eigenvalue weighted by atomic mass is 32.1. The number of carbonyl (C=O) groups is 2. The number of benzene rings is 2. The molecule has 31 heavy (non-hydrogen) atoms. The van der Waals surface area contributed by atoms with E-state index >= 15 is 0 Å². The average molecular weight is 439 g/mol. The summed E-state index contributed by atoms with van der Waals surface area (Å²) in [7, 11) is 0. The Morgan fingerprint density at radius 1 is 1.10 bits per heavy atom. The number of aryl methyl sites for hydroxylation is 1. The second-order valence-electron chi connectivity index (χ2n) is 7.70. The van der Waals surface area contributed by atoms with E-state index in [0.717, 1.165) is 23.4 Å². The number of likely N-dealkylation sites (tertiary alicyclic amines) is 1. The van der Waals surface area contributed by atoms with Crippen LogP contribution in [0.2, 0.25) is 0 Å². The molecule has 1 aliphatic rings. The molecule has 2 amide bonds. The third-order valence-electron chi connectivity index (χ3n) is 5.43. The molecule has 3 aromatic rings. The van der Waals surface area contributed by atoms with Gasteiger partial charge in [-0.2, -0.15) is 0 Å². The van der Waals surface area contributed by atoms with Crippen molar-refractivity contribution in [2.75, 3.05) is 18.4 Å². The summed E-state index contributed by atoms with van der Waals surface area (Å²) in [6.45, 7) is 3.34. The fourth-order valence-corrected chi connectivity index (χ4v) is 4.51. The lowest BCUT2D eigenvalue weighted by atomic mass is 9.97. The van der Waals surface area contributed by atoms with Crippen molar-refractivity contribution in [3.05, 3.63) is 75.5 Å². The Morgan fingerprint density at radius 2 is 1.81 bits per heavy atom. The van der Waals surface area contributed by atoms with Crippen LogP contribution >= 0.6 is 11.3 Å². The molecular formula is C23H23FN4O2S. The molecule has 1 fully saturated rings. The van der Waals surface area contributed by atoms with Crippen LogP contribution in [0.15, 0.2) is 48.5 Å². The summed E-state index contributed by atoms with van der Waals surface area (Å²) in [5.74, 6) is -0.678. The lowest BCUT2D eigenvalue weighted by Gasteiger charge is -2.31. The maximum Gasteiger partial charge on any atom is 0.286 e. The fourth-order valence-electron chi connectivity index (χ4n) is 3.60. The maximum absolute atomic E-state index is 13.7. The van der Waals surface area contributed by atoms with E-state index in [2.05, 4.69) is 15.5 Å². The molecule has 0 saturated carbocycles. The number of anilines is 1. The number of nitrogens with one attached hydrogen (secondary N) is 1. The minimum Gasteiger partial charge on any atom is -0.342 e. The SMILES string of the molecule is Cc1ccc(CC(=O)N2CCC(c3nnc(C(=O)Nc4ccccc4F)s3)CC2)cc1. The standard InChI is InChI=1S/C23H23FN4O2S/c1-15-6-8-16(9-7-15)14-20(29)28-12-10-17(11-13-28)22-26-27-23(31-22)21(30)25-19-5-3-2-4-18(19)24/h2-9,17H,10-14H2,1H3,(H,25,30). The molecule has 2 heterocycles. The first-order valence-electron chi connectivity index (χ1n) is 10.2. The zero-order chi connectivity index (χ0) is 21.8. The molecule has 0 bridgehead atoms. The highest BCUT2D eigenvalue weighted by molar-refractivity contribution is 7.13. The molecule has 6 nitrogen and oxygen atoms in total. The van der Waals surface area contributed by atoms with Crippen LogP contribution in [0, 0.1) is 12.7 Å².